The zero-order chi connectivity index (χ0) is 37.9. The molecule has 2 fully saturated rings. The van der Waals surface area contributed by atoms with Gasteiger partial charge in [-0.15, -0.1) is 0 Å². The number of esters is 1. The van der Waals surface area contributed by atoms with Crippen molar-refractivity contribution in [2.24, 2.45) is 5.92 Å². The highest BCUT2D eigenvalue weighted by Crippen LogP contribution is 2.35. The van der Waals surface area contributed by atoms with Gasteiger partial charge in [0.2, 0.25) is 11.7 Å². The van der Waals surface area contributed by atoms with Gasteiger partial charge in [-0.1, -0.05) is 12.1 Å². The number of methoxy groups -OCH3 is 1. The van der Waals surface area contributed by atoms with Crippen LogP contribution in [0.25, 0.3) is 0 Å². The number of quaternary nitrogens is 1. The van der Waals surface area contributed by atoms with E-state index in [4.69, 9.17) is 10.00 Å². The predicted octanol–water partition coefficient (Wildman–Crippen LogP) is 5.68. The van der Waals surface area contributed by atoms with E-state index in [9.17, 15) is 27.6 Å². The fraction of sp³-hybridized carbons (Fsp3) is 0.632. The molecule has 3 heterocycles. The molecule has 2 atom stereocenters. The molecule has 0 unspecified atom stereocenters. The van der Waals surface area contributed by atoms with Gasteiger partial charge in [0.05, 0.1) is 52.5 Å². The summed E-state index contributed by atoms with van der Waals surface area (Å²) in [6.07, 6.45) is 2.49. The van der Waals surface area contributed by atoms with Crippen LogP contribution in [0.1, 0.15) is 87.6 Å². The number of carbonyl (C=O) groups excluding carboxylic acids is 3. The number of piperidine rings is 1. The maximum absolute atomic E-state index is 14.0. The molecule has 300 valence electrons. The number of nitrogens with zero attached hydrogens (tertiary/aromatic N) is 6. The van der Waals surface area contributed by atoms with Gasteiger partial charge in [-0.3, -0.25) is 9.59 Å². The Morgan fingerprint density at radius 3 is 2.26 bits per heavy atom. The number of hydrogen-bond acceptors (Lipinski definition) is 9. The molecule has 0 bridgehead atoms. The van der Waals surface area contributed by atoms with Crippen LogP contribution < -0.4 is 15.1 Å². The minimum absolute atomic E-state index is 0. The Bertz CT molecular complexity index is 1560. The Hall–Kier alpha value is -3.55. The van der Waals surface area contributed by atoms with Crippen molar-refractivity contribution in [1.82, 2.24) is 15.3 Å². The Labute approximate surface area is 331 Å². The van der Waals surface area contributed by atoms with Crippen molar-refractivity contribution >= 4 is 56.3 Å². The molecule has 54 heavy (non-hydrogen) atoms. The molecule has 11 nitrogen and oxygen atoms in total. The Kier molecular flexibility index (Phi) is 18.6. The second kappa shape index (κ2) is 21.5. The molecule has 4 rings (SSSR count). The number of hydrogen-bond donors (Lipinski definition) is 1. The summed E-state index contributed by atoms with van der Waals surface area (Å²) in [5.41, 5.74) is 1.59. The van der Waals surface area contributed by atoms with Gasteiger partial charge in [0.25, 0.3) is 0 Å². The summed E-state index contributed by atoms with van der Waals surface area (Å²) in [5.74, 6) is -1.25. The first-order valence-electron chi connectivity index (χ1n) is 18.3. The van der Waals surface area contributed by atoms with Crippen LogP contribution in [0.15, 0.2) is 30.3 Å². The Morgan fingerprint density at radius 2 is 1.65 bits per heavy atom. The van der Waals surface area contributed by atoms with E-state index in [2.05, 4.69) is 42.5 Å². The molecule has 0 saturated carbocycles. The molecular weight excluding hydrogens is 740 g/mol. The van der Waals surface area contributed by atoms with Crippen molar-refractivity contribution in [3.63, 3.8) is 0 Å². The highest BCUT2D eigenvalue weighted by molar-refractivity contribution is 7.59. The summed E-state index contributed by atoms with van der Waals surface area (Å²) in [7, 11) is 7.52. The summed E-state index contributed by atoms with van der Waals surface area (Å²) in [6, 6.07) is 9.66. The lowest BCUT2D eigenvalue weighted by Crippen LogP contribution is -2.43. The average molecular weight is 797 g/mol. The summed E-state index contributed by atoms with van der Waals surface area (Å²) in [4.78, 5) is 49.6. The van der Waals surface area contributed by atoms with E-state index >= 15 is 0 Å². The fourth-order valence-corrected chi connectivity index (χ4v) is 7.04. The highest BCUT2D eigenvalue weighted by atomic mass is 32.1. The largest absolute Gasteiger partial charge is 0.467 e. The van der Waals surface area contributed by atoms with Crippen LogP contribution in [0.2, 0.25) is 0 Å². The molecule has 1 N–H and O–H groups in total. The number of Topliss-reactive ketones (excluding diaryl/α,β-unsaturated/α-hetero) is 1. The van der Waals surface area contributed by atoms with Crippen LogP contribution >= 0.6 is 27.0 Å². The molecule has 1 aromatic heterocycles. The zero-order valence-corrected chi connectivity index (χ0v) is 33.9. The van der Waals surface area contributed by atoms with E-state index in [1.54, 1.807) is 23.1 Å². The number of rotatable bonds is 17. The zero-order valence-electron chi connectivity index (χ0n) is 31.9. The van der Waals surface area contributed by atoms with Crippen LogP contribution in [-0.2, 0) is 31.7 Å². The number of ether oxygens (including phenoxy) is 1. The second-order valence-electron chi connectivity index (χ2n) is 15.0. The molecule has 2 aliphatic rings. The molecule has 0 aliphatic carbocycles. The van der Waals surface area contributed by atoms with Gasteiger partial charge in [-0.25, -0.2) is 14.8 Å². The number of carbonyl (C=O) groups is 3. The summed E-state index contributed by atoms with van der Waals surface area (Å²) in [6.45, 7) is 2.32. The number of aromatic nitrogens is 2. The van der Waals surface area contributed by atoms with Gasteiger partial charge in [0, 0.05) is 38.5 Å². The van der Waals surface area contributed by atoms with E-state index in [-0.39, 0.29) is 56.7 Å². The smallest absolute Gasteiger partial charge is 0.451 e. The molecule has 1 amide bonds. The van der Waals surface area contributed by atoms with Crippen molar-refractivity contribution in [2.45, 2.75) is 95.3 Å². The molecule has 2 saturated heterocycles. The third-order valence-electron chi connectivity index (χ3n) is 9.94. The molecular formula is C38H57F3N7O4S2+. The predicted molar refractivity (Wildman–Crippen MR) is 212 cm³/mol. The number of nitrogens with one attached hydrogen (secondary N) is 1. The number of ketones is 1. The first-order chi connectivity index (χ1) is 24.7. The highest BCUT2D eigenvalue weighted by Gasteiger charge is 2.39. The SMILES string of the molecule is COC(=O)[C@H](CCC[N+](C)(C)C)NC(=O)CCCC1CCN(c2cc(N3CCC[C@H]3C(=O)CCCc3ccc(C#N)cc3)nc(C(F)(F)F)n2)CC1.S.S. The van der Waals surface area contributed by atoms with Gasteiger partial charge in [0.15, 0.2) is 5.78 Å². The van der Waals surface area contributed by atoms with Gasteiger partial charge in [0.1, 0.15) is 17.7 Å². The first-order valence-corrected chi connectivity index (χ1v) is 18.3. The van der Waals surface area contributed by atoms with E-state index in [0.29, 0.717) is 76.1 Å². The Balaban J connectivity index is 0.00000504. The van der Waals surface area contributed by atoms with Crippen molar-refractivity contribution in [3.8, 4) is 6.07 Å². The van der Waals surface area contributed by atoms with Crippen LogP contribution in [-0.4, -0.2) is 98.6 Å². The van der Waals surface area contributed by atoms with E-state index < -0.39 is 30.1 Å². The lowest BCUT2D eigenvalue weighted by atomic mass is 9.91. The third kappa shape index (κ3) is 14.3. The number of aryl methyl sites for hydroxylation is 1. The van der Waals surface area contributed by atoms with Crippen molar-refractivity contribution < 1.29 is 36.8 Å². The van der Waals surface area contributed by atoms with E-state index in [1.165, 1.54) is 7.11 Å². The van der Waals surface area contributed by atoms with Crippen molar-refractivity contribution in [2.75, 3.05) is 64.2 Å². The molecule has 2 aliphatic heterocycles. The lowest BCUT2D eigenvalue weighted by Gasteiger charge is -2.34. The molecule has 0 spiro atoms. The molecule has 16 heteroatoms. The van der Waals surface area contributed by atoms with Gasteiger partial charge in [-0.2, -0.15) is 45.4 Å². The number of benzene rings is 1. The van der Waals surface area contributed by atoms with Gasteiger partial charge in [-0.05, 0) is 87.8 Å². The molecule has 2 aromatic rings. The van der Waals surface area contributed by atoms with Gasteiger partial charge >= 0.3 is 12.1 Å². The number of amides is 1. The van der Waals surface area contributed by atoms with Crippen LogP contribution in [0.3, 0.4) is 0 Å². The van der Waals surface area contributed by atoms with Crippen LogP contribution in [0.5, 0.6) is 0 Å². The van der Waals surface area contributed by atoms with Crippen LogP contribution in [0.4, 0.5) is 24.8 Å². The molecule has 1 aromatic carbocycles. The topological polar surface area (TPSA) is 129 Å². The lowest BCUT2D eigenvalue weighted by molar-refractivity contribution is -0.870. The van der Waals surface area contributed by atoms with E-state index in [0.717, 1.165) is 42.3 Å². The fourth-order valence-electron chi connectivity index (χ4n) is 7.04. The first kappa shape index (κ1) is 46.6. The maximum Gasteiger partial charge on any atom is 0.451 e. The summed E-state index contributed by atoms with van der Waals surface area (Å²) in [5, 5.41) is 11.8. The van der Waals surface area contributed by atoms with Gasteiger partial charge < -0.3 is 24.3 Å². The number of alkyl halides is 3. The summed E-state index contributed by atoms with van der Waals surface area (Å²) >= 11 is 0. The molecule has 0 radical (unpaired) electrons. The second-order valence-corrected chi connectivity index (χ2v) is 15.0. The third-order valence-corrected chi connectivity index (χ3v) is 9.94. The van der Waals surface area contributed by atoms with E-state index in [1.807, 2.05) is 17.0 Å². The van der Waals surface area contributed by atoms with Crippen LogP contribution in [0, 0.1) is 17.2 Å². The van der Waals surface area contributed by atoms with Crippen molar-refractivity contribution in [1.29, 1.82) is 5.26 Å². The minimum atomic E-state index is -4.75. The average Bonchev–Trinajstić information content (AvgIpc) is 3.61. The standard InChI is InChI=1S/C38H52F3N7O4.2H2S/c1-48(2,3)24-8-11-30(36(51)52-4)43-35(50)14-6-10-28-19-22-46(23-20-28)33-25-34(45-37(44-33)38(39,40)41)47-21-7-12-31(47)32(49)13-5-9-27-15-17-29(26-42)18-16-27;;/h15-18,25,28,30-31H,5-14,19-24H2,1-4H3;2*1H2/p+1/t30-,31-;;/m0../s1. The number of anilines is 2. The number of nitriles is 1. The minimum Gasteiger partial charge on any atom is -0.467 e. The monoisotopic (exact) mass is 796 g/mol. The quantitative estimate of drug-likeness (QED) is 0.159. The summed E-state index contributed by atoms with van der Waals surface area (Å²) < 4.78 is 47.8. The maximum atomic E-state index is 14.0. The number of halogens is 3. The van der Waals surface area contributed by atoms with Crippen molar-refractivity contribution in [3.05, 3.63) is 47.3 Å². The normalized spacial score (nSPS) is 16.8. The Morgan fingerprint density at radius 1 is 0.981 bits per heavy atom.